The number of rotatable bonds is 3. The number of hydrogen-bond acceptors (Lipinski definition) is 4. The van der Waals surface area contributed by atoms with Gasteiger partial charge in [0.05, 0.1) is 12.5 Å². The number of amides is 1. The molecule has 3 rings (SSSR count). The van der Waals surface area contributed by atoms with Crippen LogP contribution in [-0.4, -0.2) is 23.0 Å². The van der Waals surface area contributed by atoms with Crippen LogP contribution in [-0.2, 0) is 11.3 Å². The first-order valence-electron chi connectivity index (χ1n) is 6.17. The number of nitrogens with zero attached hydrogens (tertiary/aromatic N) is 1. The van der Waals surface area contributed by atoms with E-state index >= 15 is 0 Å². The molecule has 1 aromatic rings. The Bertz CT molecular complexity index is 431. The van der Waals surface area contributed by atoms with Gasteiger partial charge < -0.3 is 10.6 Å². The van der Waals surface area contributed by atoms with E-state index in [1.54, 1.807) is 11.3 Å². The molecule has 3 atom stereocenters. The molecule has 3 unspecified atom stereocenters. The number of thiazole rings is 1. The van der Waals surface area contributed by atoms with Gasteiger partial charge in [0.1, 0.15) is 5.01 Å². The predicted octanol–water partition coefficient (Wildman–Crippen LogP) is 1.21. The van der Waals surface area contributed by atoms with Crippen molar-refractivity contribution >= 4 is 17.2 Å². The van der Waals surface area contributed by atoms with Gasteiger partial charge in [-0.1, -0.05) is 0 Å². The van der Waals surface area contributed by atoms with Crippen molar-refractivity contribution in [2.24, 2.45) is 5.92 Å². The predicted molar refractivity (Wildman–Crippen MR) is 66.8 cm³/mol. The highest BCUT2D eigenvalue weighted by atomic mass is 32.1. The van der Waals surface area contributed by atoms with Crippen LogP contribution < -0.4 is 10.6 Å². The number of fused-ring (bicyclic) bond motifs is 2. The molecule has 0 aromatic carbocycles. The zero-order valence-corrected chi connectivity index (χ0v) is 10.7. The van der Waals surface area contributed by atoms with E-state index in [9.17, 15) is 4.79 Å². The van der Waals surface area contributed by atoms with Gasteiger partial charge in [0.25, 0.3) is 0 Å². The molecule has 5 heteroatoms. The third-order valence-electron chi connectivity index (χ3n) is 3.72. The minimum absolute atomic E-state index is 0.176. The first-order chi connectivity index (χ1) is 8.22. The van der Waals surface area contributed by atoms with Gasteiger partial charge in [-0.25, -0.2) is 4.98 Å². The summed E-state index contributed by atoms with van der Waals surface area (Å²) in [6.07, 6.45) is 5.25. The van der Waals surface area contributed by atoms with E-state index in [0.717, 1.165) is 17.8 Å². The second-order valence-corrected chi connectivity index (χ2v) is 6.29. The second kappa shape index (κ2) is 4.38. The Hall–Kier alpha value is -0.940. The number of hydrogen-bond donors (Lipinski definition) is 2. The van der Waals surface area contributed by atoms with Crippen LogP contribution in [0.4, 0.5) is 0 Å². The summed E-state index contributed by atoms with van der Waals surface area (Å²) in [6, 6.07) is 0.996. The van der Waals surface area contributed by atoms with Crippen LogP contribution in [0, 0.1) is 12.8 Å². The lowest BCUT2D eigenvalue weighted by Crippen LogP contribution is -2.37. The first-order valence-corrected chi connectivity index (χ1v) is 6.99. The van der Waals surface area contributed by atoms with E-state index in [1.807, 2.05) is 13.1 Å². The lowest BCUT2D eigenvalue weighted by Gasteiger charge is -2.18. The molecule has 0 aliphatic carbocycles. The van der Waals surface area contributed by atoms with Gasteiger partial charge in [-0.15, -0.1) is 11.3 Å². The fraction of sp³-hybridized carbons (Fsp3) is 0.667. The Kier molecular flexibility index (Phi) is 2.88. The molecule has 0 radical (unpaired) electrons. The smallest absolute Gasteiger partial charge is 0.225 e. The summed E-state index contributed by atoms with van der Waals surface area (Å²) in [5.41, 5.74) is 0. The first kappa shape index (κ1) is 11.2. The molecular weight excluding hydrogens is 234 g/mol. The molecule has 1 amide bonds. The minimum Gasteiger partial charge on any atom is -0.349 e. The summed E-state index contributed by atoms with van der Waals surface area (Å²) in [5.74, 6) is 0.368. The summed E-state index contributed by atoms with van der Waals surface area (Å²) in [6.45, 7) is 2.61. The average Bonchev–Trinajstić information content (AvgIpc) is 3.01. The van der Waals surface area contributed by atoms with Gasteiger partial charge in [-0.2, -0.15) is 0 Å². The maximum absolute atomic E-state index is 12.0. The van der Waals surface area contributed by atoms with Crippen LogP contribution in [0.25, 0.3) is 0 Å². The van der Waals surface area contributed by atoms with E-state index in [1.165, 1.54) is 11.3 Å². The van der Waals surface area contributed by atoms with Crippen LogP contribution >= 0.6 is 11.3 Å². The number of aryl methyl sites for hydroxylation is 1. The van der Waals surface area contributed by atoms with Crippen LogP contribution in [0.15, 0.2) is 6.20 Å². The van der Waals surface area contributed by atoms with Gasteiger partial charge >= 0.3 is 0 Å². The van der Waals surface area contributed by atoms with Gasteiger partial charge in [0.2, 0.25) is 5.91 Å². The van der Waals surface area contributed by atoms with E-state index in [2.05, 4.69) is 15.6 Å². The average molecular weight is 251 g/mol. The largest absolute Gasteiger partial charge is 0.349 e. The number of aromatic nitrogens is 1. The SMILES string of the molecule is Cc1cnc(CNC(=O)C2CC3CCC2N3)s1. The topological polar surface area (TPSA) is 54.0 Å². The Morgan fingerprint density at radius 3 is 3.12 bits per heavy atom. The molecule has 2 saturated heterocycles. The van der Waals surface area contributed by atoms with Gasteiger partial charge in [0, 0.05) is 23.2 Å². The van der Waals surface area contributed by atoms with E-state index in [-0.39, 0.29) is 11.8 Å². The van der Waals surface area contributed by atoms with E-state index in [0.29, 0.717) is 18.6 Å². The molecule has 0 spiro atoms. The molecule has 2 N–H and O–H groups in total. The monoisotopic (exact) mass is 251 g/mol. The van der Waals surface area contributed by atoms with Crippen molar-refractivity contribution in [1.82, 2.24) is 15.6 Å². The van der Waals surface area contributed by atoms with E-state index in [4.69, 9.17) is 0 Å². The molecule has 92 valence electrons. The van der Waals surface area contributed by atoms with Crippen molar-refractivity contribution < 1.29 is 4.79 Å². The van der Waals surface area contributed by atoms with Gasteiger partial charge in [-0.3, -0.25) is 4.79 Å². The third-order valence-corrected chi connectivity index (χ3v) is 4.63. The summed E-state index contributed by atoms with van der Waals surface area (Å²) in [7, 11) is 0. The number of carbonyl (C=O) groups is 1. The van der Waals surface area contributed by atoms with Crippen molar-refractivity contribution in [1.29, 1.82) is 0 Å². The summed E-state index contributed by atoms with van der Waals surface area (Å²) in [4.78, 5) is 17.5. The number of carbonyl (C=O) groups excluding carboxylic acids is 1. The number of nitrogens with one attached hydrogen (secondary N) is 2. The van der Waals surface area contributed by atoms with Gasteiger partial charge in [-0.05, 0) is 26.2 Å². The molecule has 2 bridgehead atoms. The summed E-state index contributed by atoms with van der Waals surface area (Å²) in [5, 5.41) is 7.49. The standard InChI is InChI=1S/C12H17N3OS/c1-7-5-13-11(17-7)6-14-12(16)9-4-8-2-3-10(9)15-8/h5,8-10,15H,2-4,6H2,1H3,(H,14,16). The second-order valence-electron chi connectivity index (χ2n) is 4.97. The molecule has 0 saturated carbocycles. The normalized spacial score (nSPS) is 30.8. The quantitative estimate of drug-likeness (QED) is 0.849. The maximum atomic E-state index is 12.0. The third kappa shape index (κ3) is 2.21. The highest BCUT2D eigenvalue weighted by Gasteiger charge is 2.42. The van der Waals surface area contributed by atoms with Gasteiger partial charge in [0.15, 0.2) is 0 Å². The fourth-order valence-corrected chi connectivity index (χ4v) is 3.62. The molecule has 2 aliphatic heterocycles. The lowest BCUT2D eigenvalue weighted by atomic mass is 9.88. The van der Waals surface area contributed by atoms with Crippen LogP contribution in [0.1, 0.15) is 29.1 Å². The molecule has 2 aliphatic rings. The molecular formula is C12H17N3OS. The fourth-order valence-electron chi connectivity index (χ4n) is 2.89. The zero-order chi connectivity index (χ0) is 11.8. The highest BCUT2D eigenvalue weighted by molar-refractivity contribution is 7.11. The van der Waals surface area contributed by atoms with Crippen molar-refractivity contribution in [2.45, 2.75) is 44.8 Å². The Labute approximate surface area is 105 Å². The van der Waals surface area contributed by atoms with Crippen LogP contribution in [0.3, 0.4) is 0 Å². The molecule has 1 aromatic heterocycles. The Morgan fingerprint density at radius 2 is 2.53 bits per heavy atom. The Morgan fingerprint density at radius 1 is 1.65 bits per heavy atom. The summed E-state index contributed by atoms with van der Waals surface area (Å²) >= 11 is 1.65. The molecule has 4 nitrogen and oxygen atoms in total. The lowest BCUT2D eigenvalue weighted by molar-refractivity contribution is -0.125. The van der Waals surface area contributed by atoms with Crippen molar-refractivity contribution in [3.05, 3.63) is 16.1 Å². The molecule has 3 heterocycles. The highest BCUT2D eigenvalue weighted by Crippen LogP contribution is 2.33. The molecule has 2 fully saturated rings. The molecule has 17 heavy (non-hydrogen) atoms. The Balaban J connectivity index is 1.54. The summed E-state index contributed by atoms with van der Waals surface area (Å²) < 4.78 is 0. The minimum atomic E-state index is 0.176. The zero-order valence-electron chi connectivity index (χ0n) is 9.90. The van der Waals surface area contributed by atoms with Crippen LogP contribution in [0.5, 0.6) is 0 Å². The van der Waals surface area contributed by atoms with Crippen molar-refractivity contribution in [2.75, 3.05) is 0 Å². The van der Waals surface area contributed by atoms with E-state index < -0.39 is 0 Å². The van der Waals surface area contributed by atoms with Crippen LogP contribution in [0.2, 0.25) is 0 Å². The maximum Gasteiger partial charge on any atom is 0.225 e. The van der Waals surface area contributed by atoms with Crippen molar-refractivity contribution in [3.63, 3.8) is 0 Å². The van der Waals surface area contributed by atoms with Crippen molar-refractivity contribution in [3.8, 4) is 0 Å².